The van der Waals surface area contributed by atoms with Crippen LogP contribution >= 0.6 is 0 Å². The highest BCUT2D eigenvalue weighted by atomic mass is 16.5. The van der Waals surface area contributed by atoms with Gasteiger partial charge in [0.2, 0.25) is 0 Å². The van der Waals surface area contributed by atoms with Gasteiger partial charge < -0.3 is 10.5 Å². The first kappa shape index (κ1) is 10.0. The Kier molecular flexibility index (Phi) is 5.37. The number of hydrogen-bond acceptors (Lipinski definition) is 2. The van der Waals surface area contributed by atoms with Crippen molar-refractivity contribution in [1.29, 1.82) is 0 Å². The summed E-state index contributed by atoms with van der Waals surface area (Å²) in [6, 6.07) is 0. The maximum absolute atomic E-state index is 5.53. The molecule has 2 nitrogen and oxygen atoms in total. The molecule has 0 aromatic heterocycles. The lowest BCUT2D eigenvalue weighted by Gasteiger charge is -2.07. The molecule has 0 bridgehead atoms. The zero-order valence-corrected chi connectivity index (χ0v) is 7.93. The first-order valence-electron chi connectivity index (χ1n) is 5.25. The fraction of sp³-hybridized carbons (Fsp3) is 1.00. The highest BCUT2D eigenvalue weighted by Gasteiger charge is 2.13. The largest absolute Gasteiger partial charge is 0.378 e. The summed E-state index contributed by atoms with van der Waals surface area (Å²) >= 11 is 0. The smallest absolute Gasteiger partial charge is 0.0576 e. The van der Waals surface area contributed by atoms with E-state index in [1.807, 2.05) is 0 Å². The van der Waals surface area contributed by atoms with Gasteiger partial charge in [-0.2, -0.15) is 0 Å². The molecule has 1 rings (SSSR count). The van der Waals surface area contributed by atoms with Crippen LogP contribution in [0, 0.1) is 0 Å². The number of ether oxygens (including phenoxy) is 1. The van der Waals surface area contributed by atoms with Gasteiger partial charge in [-0.1, -0.05) is 19.3 Å². The molecule has 12 heavy (non-hydrogen) atoms. The fourth-order valence-corrected chi connectivity index (χ4v) is 1.74. The first-order chi connectivity index (χ1) is 5.93. The Bertz CT molecular complexity index is 100. The molecule has 0 amide bonds. The molecule has 0 aromatic carbocycles. The predicted octanol–water partition coefficient (Wildman–Crippen LogP) is 2.07. The van der Waals surface area contributed by atoms with Crippen molar-refractivity contribution < 1.29 is 4.74 Å². The van der Waals surface area contributed by atoms with E-state index in [2.05, 4.69) is 0 Å². The maximum atomic E-state index is 5.53. The van der Waals surface area contributed by atoms with E-state index in [0.29, 0.717) is 6.10 Å². The Balaban J connectivity index is 1.81. The standard InChI is InChI=1S/C10H21NO/c11-8-4-2-1-3-6-10-7-5-9-12-10/h10H,1-9,11H2. The second-order valence-electron chi connectivity index (χ2n) is 3.63. The van der Waals surface area contributed by atoms with Crippen LogP contribution in [0.4, 0.5) is 0 Å². The third-order valence-corrected chi connectivity index (χ3v) is 2.50. The van der Waals surface area contributed by atoms with Gasteiger partial charge in [-0.25, -0.2) is 0 Å². The first-order valence-corrected chi connectivity index (χ1v) is 5.25. The Morgan fingerprint density at radius 2 is 2.00 bits per heavy atom. The average Bonchev–Trinajstić information content (AvgIpc) is 2.57. The van der Waals surface area contributed by atoms with Crippen LogP contribution in [0.15, 0.2) is 0 Å². The minimum atomic E-state index is 0.586. The molecule has 1 saturated heterocycles. The molecule has 0 saturated carbocycles. The molecular formula is C10H21NO. The third kappa shape index (κ3) is 4.07. The van der Waals surface area contributed by atoms with Crippen LogP contribution in [-0.2, 0) is 4.74 Å². The van der Waals surface area contributed by atoms with Gasteiger partial charge in [-0.15, -0.1) is 0 Å². The second kappa shape index (κ2) is 6.44. The highest BCUT2D eigenvalue weighted by Crippen LogP contribution is 2.18. The van der Waals surface area contributed by atoms with Gasteiger partial charge in [-0.3, -0.25) is 0 Å². The van der Waals surface area contributed by atoms with Crippen LogP contribution in [0.2, 0.25) is 0 Å². The molecular weight excluding hydrogens is 150 g/mol. The number of nitrogens with two attached hydrogens (primary N) is 1. The van der Waals surface area contributed by atoms with Gasteiger partial charge in [0.05, 0.1) is 6.10 Å². The molecule has 1 fully saturated rings. The lowest BCUT2D eigenvalue weighted by molar-refractivity contribution is 0.102. The molecule has 0 radical (unpaired) electrons. The van der Waals surface area contributed by atoms with E-state index < -0.39 is 0 Å². The maximum Gasteiger partial charge on any atom is 0.0576 e. The summed E-state index contributed by atoms with van der Waals surface area (Å²) in [5.74, 6) is 0. The van der Waals surface area contributed by atoms with Gasteiger partial charge in [0.25, 0.3) is 0 Å². The zero-order chi connectivity index (χ0) is 8.65. The zero-order valence-electron chi connectivity index (χ0n) is 7.93. The Labute approximate surface area is 75.5 Å². The normalized spacial score (nSPS) is 23.2. The van der Waals surface area contributed by atoms with Crippen LogP contribution < -0.4 is 5.73 Å². The average molecular weight is 171 g/mol. The van der Waals surface area contributed by atoms with Crippen molar-refractivity contribution >= 4 is 0 Å². The van der Waals surface area contributed by atoms with E-state index in [1.165, 1.54) is 44.9 Å². The fourth-order valence-electron chi connectivity index (χ4n) is 1.74. The summed E-state index contributed by atoms with van der Waals surface area (Å²) in [5.41, 5.74) is 5.41. The third-order valence-electron chi connectivity index (χ3n) is 2.50. The van der Waals surface area contributed by atoms with E-state index >= 15 is 0 Å². The summed E-state index contributed by atoms with van der Waals surface area (Å²) in [6.45, 7) is 1.84. The van der Waals surface area contributed by atoms with E-state index in [0.717, 1.165) is 13.2 Å². The Morgan fingerprint density at radius 1 is 1.17 bits per heavy atom. The topological polar surface area (TPSA) is 35.2 Å². The Morgan fingerprint density at radius 3 is 2.67 bits per heavy atom. The summed E-state index contributed by atoms with van der Waals surface area (Å²) in [5, 5.41) is 0. The lowest BCUT2D eigenvalue weighted by atomic mass is 10.1. The SMILES string of the molecule is NCCCCCCC1CCCO1. The molecule has 0 aliphatic carbocycles. The summed E-state index contributed by atoms with van der Waals surface area (Å²) < 4.78 is 5.53. The molecule has 2 heteroatoms. The molecule has 1 unspecified atom stereocenters. The van der Waals surface area contributed by atoms with Crippen molar-refractivity contribution in [2.24, 2.45) is 5.73 Å². The molecule has 0 aromatic rings. The number of hydrogen-bond donors (Lipinski definition) is 1. The minimum absolute atomic E-state index is 0.586. The second-order valence-corrected chi connectivity index (χ2v) is 3.63. The summed E-state index contributed by atoms with van der Waals surface area (Å²) in [4.78, 5) is 0. The van der Waals surface area contributed by atoms with Gasteiger partial charge in [0.1, 0.15) is 0 Å². The predicted molar refractivity (Wildman–Crippen MR) is 51.1 cm³/mol. The van der Waals surface area contributed by atoms with Crippen LogP contribution in [-0.4, -0.2) is 19.3 Å². The van der Waals surface area contributed by atoms with Crippen LogP contribution in [0.5, 0.6) is 0 Å². The Hall–Kier alpha value is -0.0800. The monoisotopic (exact) mass is 171 g/mol. The molecule has 0 spiro atoms. The minimum Gasteiger partial charge on any atom is -0.378 e. The quantitative estimate of drug-likeness (QED) is 0.621. The van der Waals surface area contributed by atoms with E-state index in [-0.39, 0.29) is 0 Å². The van der Waals surface area contributed by atoms with E-state index in [4.69, 9.17) is 10.5 Å². The molecule has 1 heterocycles. The molecule has 72 valence electrons. The summed E-state index contributed by atoms with van der Waals surface area (Å²) in [6.07, 6.45) is 9.55. The van der Waals surface area contributed by atoms with Gasteiger partial charge in [-0.05, 0) is 32.2 Å². The molecule has 1 aliphatic heterocycles. The molecule has 1 atom stereocenters. The van der Waals surface area contributed by atoms with Crippen molar-refractivity contribution in [2.45, 2.75) is 51.0 Å². The van der Waals surface area contributed by atoms with Gasteiger partial charge >= 0.3 is 0 Å². The van der Waals surface area contributed by atoms with Crippen molar-refractivity contribution in [3.8, 4) is 0 Å². The van der Waals surface area contributed by atoms with Crippen molar-refractivity contribution in [3.63, 3.8) is 0 Å². The van der Waals surface area contributed by atoms with Gasteiger partial charge in [0, 0.05) is 6.61 Å². The van der Waals surface area contributed by atoms with E-state index in [1.54, 1.807) is 0 Å². The molecule has 1 aliphatic rings. The highest BCUT2D eigenvalue weighted by molar-refractivity contribution is 4.64. The number of rotatable bonds is 6. The van der Waals surface area contributed by atoms with Crippen molar-refractivity contribution in [3.05, 3.63) is 0 Å². The van der Waals surface area contributed by atoms with Gasteiger partial charge in [0.15, 0.2) is 0 Å². The van der Waals surface area contributed by atoms with Crippen LogP contribution in [0.3, 0.4) is 0 Å². The van der Waals surface area contributed by atoms with Crippen LogP contribution in [0.25, 0.3) is 0 Å². The van der Waals surface area contributed by atoms with Crippen LogP contribution in [0.1, 0.15) is 44.9 Å². The molecule has 2 N–H and O–H groups in total. The lowest BCUT2D eigenvalue weighted by Crippen LogP contribution is -2.04. The van der Waals surface area contributed by atoms with Crippen molar-refractivity contribution in [1.82, 2.24) is 0 Å². The van der Waals surface area contributed by atoms with E-state index in [9.17, 15) is 0 Å². The van der Waals surface area contributed by atoms with Crippen molar-refractivity contribution in [2.75, 3.05) is 13.2 Å². The summed E-state index contributed by atoms with van der Waals surface area (Å²) in [7, 11) is 0. The number of unbranched alkanes of at least 4 members (excludes halogenated alkanes) is 3.